The van der Waals surface area contributed by atoms with Crippen LogP contribution in [0.25, 0.3) is 0 Å². The minimum absolute atomic E-state index is 0.0192. The molecular weight excluding hydrogens is 436 g/mol. The summed E-state index contributed by atoms with van der Waals surface area (Å²) < 4.78 is 6.66. The molecule has 2 heterocycles. The van der Waals surface area contributed by atoms with E-state index in [1.165, 1.54) is 18.3 Å². The average Bonchev–Trinajstić information content (AvgIpc) is 2.64. The standard InChI is InChI=1S/C18H20BrClN4O3/c1-23-6-4-12(5-7-23)11-27-17-3-2-14(24(25)26)9-16(17)22-18-15(19)8-13(20)10-21-18/h2-3,8-10,12H,4-7,11H2,1H3,(H,21,22). The molecule has 0 radical (unpaired) electrons. The molecule has 1 fully saturated rings. The van der Waals surface area contributed by atoms with Crippen LogP contribution < -0.4 is 10.1 Å². The van der Waals surface area contributed by atoms with Gasteiger partial charge in [0.05, 0.1) is 26.7 Å². The largest absolute Gasteiger partial charge is 0.491 e. The second kappa shape index (κ2) is 8.86. The Balaban J connectivity index is 1.79. The Bertz CT molecular complexity index is 828. The molecule has 9 heteroatoms. The van der Waals surface area contributed by atoms with E-state index in [9.17, 15) is 10.1 Å². The molecule has 0 unspecified atom stereocenters. The maximum absolute atomic E-state index is 11.2. The van der Waals surface area contributed by atoms with Crippen molar-refractivity contribution in [3.63, 3.8) is 0 Å². The van der Waals surface area contributed by atoms with Gasteiger partial charge in [0, 0.05) is 18.3 Å². The highest BCUT2D eigenvalue weighted by Crippen LogP contribution is 2.34. The third-order valence-corrected chi connectivity index (χ3v) is 5.36. The minimum atomic E-state index is -0.434. The Labute approximate surface area is 171 Å². The number of benzene rings is 1. The molecule has 1 N–H and O–H groups in total. The first-order valence-corrected chi connectivity index (χ1v) is 9.77. The second-order valence-corrected chi connectivity index (χ2v) is 7.89. The van der Waals surface area contributed by atoms with Crippen LogP contribution in [0.15, 0.2) is 34.9 Å². The Morgan fingerprint density at radius 3 is 2.81 bits per heavy atom. The summed E-state index contributed by atoms with van der Waals surface area (Å²) in [7, 11) is 2.12. The van der Waals surface area contributed by atoms with E-state index in [1.54, 1.807) is 12.1 Å². The monoisotopic (exact) mass is 454 g/mol. The first-order chi connectivity index (χ1) is 12.9. The fourth-order valence-electron chi connectivity index (χ4n) is 2.93. The fourth-order valence-corrected chi connectivity index (χ4v) is 3.66. The highest BCUT2D eigenvalue weighted by molar-refractivity contribution is 9.10. The summed E-state index contributed by atoms with van der Waals surface area (Å²) in [5, 5.41) is 14.7. The number of pyridine rings is 1. The molecular formula is C18H20BrClN4O3. The van der Waals surface area contributed by atoms with Crippen molar-refractivity contribution in [2.75, 3.05) is 32.1 Å². The number of hydrogen-bond acceptors (Lipinski definition) is 6. The molecule has 1 saturated heterocycles. The van der Waals surface area contributed by atoms with E-state index >= 15 is 0 Å². The van der Waals surface area contributed by atoms with Gasteiger partial charge in [-0.25, -0.2) is 4.98 Å². The van der Waals surface area contributed by atoms with Crippen molar-refractivity contribution in [3.8, 4) is 5.75 Å². The molecule has 0 spiro atoms. The van der Waals surface area contributed by atoms with Crippen LogP contribution in [0.4, 0.5) is 17.2 Å². The Morgan fingerprint density at radius 2 is 2.15 bits per heavy atom. The number of halogens is 2. The van der Waals surface area contributed by atoms with Crippen LogP contribution in [0.2, 0.25) is 5.02 Å². The number of likely N-dealkylation sites (tertiary alicyclic amines) is 1. The van der Waals surface area contributed by atoms with E-state index in [0.717, 1.165) is 25.9 Å². The number of nitrogens with zero attached hydrogens (tertiary/aromatic N) is 3. The Hall–Kier alpha value is -1.90. The first-order valence-electron chi connectivity index (χ1n) is 8.60. The molecule has 0 saturated carbocycles. The first kappa shape index (κ1) is 19.9. The molecule has 27 heavy (non-hydrogen) atoms. The van der Waals surface area contributed by atoms with Crippen LogP contribution in [0, 0.1) is 16.0 Å². The SMILES string of the molecule is CN1CCC(COc2ccc([N+](=O)[O-])cc2Nc2ncc(Cl)cc2Br)CC1. The number of rotatable bonds is 6. The molecule has 3 rings (SSSR count). The Morgan fingerprint density at radius 1 is 1.41 bits per heavy atom. The van der Waals surface area contributed by atoms with Gasteiger partial charge in [-0.15, -0.1) is 0 Å². The molecule has 1 aliphatic heterocycles. The van der Waals surface area contributed by atoms with E-state index in [1.807, 2.05) is 0 Å². The smallest absolute Gasteiger partial charge is 0.271 e. The predicted molar refractivity (Wildman–Crippen MR) is 109 cm³/mol. The third kappa shape index (κ3) is 5.31. The van der Waals surface area contributed by atoms with Gasteiger partial charge in [0.2, 0.25) is 0 Å². The lowest BCUT2D eigenvalue weighted by Gasteiger charge is -2.29. The summed E-state index contributed by atoms with van der Waals surface area (Å²) in [5.74, 6) is 1.54. The van der Waals surface area contributed by atoms with Gasteiger partial charge in [-0.05, 0) is 67.0 Å². The number of piperidine rings is 1. The molecule has 1 aromatic carbocycles. The molecule has 1 aliphatic rings. The highest BCUT2D eigenvalue weighted by Gasteiger charge is 2.19. The number of non-ortho nitro benzene ring substituents is 1. The van der Waals surface area contributed by atoms with Gasteiger partial charge >= 0.3 is 0 Å². The fraction of sp³-hybridized carbons (Fsp3) is 0.389. The summed E-state index contributed by atoms with van der Waals surface area (Å²) in [4.78, 5) is 17.3. The van der Waals surface area contributed by atoms with Crippen LogP contribution in [0.1, 0.15) is 12.8 Å². The second-order valence-electron chi connectivity index (χ2n) is 6.60. The van der Waals surface area contributed by atoms with Gasteiger partial charge in [0.15, 0.2) is 0 Å². The molecule has 0 atom stereocenters. The van der Waals surface area contributed by atoms with E-state index in [0.29, 0.717) is 39.3 Å². The normalized spacial score (nSPS) is 15.5. The van der Waals surface area contributed by atoms with Crippen molar-refractivity contribution in [1.82, 2.24) is 9.88 Å². The number of nitro groups is 1. The molecule has 144 valence electrons. The van der Waals surface area contributed by atoms with E-state index in [4.69, 9.17) is 16.3 Å². The van der Waals surface area contributed by atoms with Gasteiger partial charge in [0.1, 0.15) is 11.6 Å². The molecule has 0 bridgehead atoms. The van der Waals surface area contributed by atoms with Crippen LogP contribution in [0.3, 0.4) is 0 Å². The van der Waals surface area contributed by atoms with Gasteiger partial charge in [0.25, 0.3) is 5.69 Å². The number of ether oxygens (including phenoxy) is 1. The summed E-state index contributed by atoms with van der Waals surface area (Å²) >= 11 is 9.32. The summed E-state index contributed by atoms with van der Waals surface area (Å²) in [5.41, 5.74) is 0.474. The minimum Gasteiger partial charge on any atom is -0.491 e. The predicted octanol–water partition coefficient (Wildman–Crippen LogP) is 4.87. The van der Waals surface area contributed by atoms with Crippen molar-refractivity contribution >= 4 is 44.7 Å². The lowest BCUT2D eigenvalue weighted by molar-refractivity contribution is -0.384. The van der Waals surface area contributed by atoms with Crippen molar-refractivity contribution in [2.45, 2.75) is 12.8 Å². The van der Waals surface area contributed by atoms with Crippen LogP contribution in [-0.2, 0) is 0 Å². The van der Waals surface area contributed by atoms with Gasteiger partial charge in [-0.3, -0.25) is 10.1 Å². The van der Waals surface area contributed by atoms with Crippen molar-refractivity contribution in [3.05, 3.63) is 50.1 Å². The van der Waals surface area contributed by atoms with Gasteiger partial charge in [-0.1, -0.05) is 11.6 Å². The lowest BCUT2D eigenvalue weighted by atomic mass is 9.98. The molecule has 1 aromatic heterocycles. The lowest BCUT2D eigenvalue weighted by Crippen LogP contribution is -2.32. The maximum Gasteiger partial charge on any atom is 0.271 e. The number of aromatic nitrogens is 1. The third-order valence-electron chi connectivity index (χ3n) is 4.55. The molecule has 2 aromatic rings. The maximum atomic E-state index is 11.2. The number of anilines is 2. The van der Waals surface area contributed by atoms with Crippen molar-refractivity contribution < 1.29 is 9.66 Å². The van der Waals surface area contributed by atoms with E-state index < -0.39 is 4.92 Å². The van der Waals surface area contributed by atoms with E-state index in [2.05, 4.69) is 38.2 Å². The van der Waals surface area contributed by atoms with Crippen molar-refractivity contribution in [1.29, 1.82) is 0 Å². The average molecular weight is 456 g/mol. The van der Waals surface area contributed by atoms with Gasteiger partial charge < -0.3 is 15.0 Å². The zero-order chi connectivity index (χ0) is 19.4. The van der Waals surface area contributed by atoms with Crippen LogP contribution in [-0.4, -0.2) is 41.6 Å². The molecule has 0 aliphatic carbocycles. The zero-order valence-electron chi connectivity index (χ0n) is 14.8. The summed E-state index contributed by atoms with van der Waals surface area (Å²) in [6, 6.07) is 6.22. The van der Waals surface area contributed by atoms with Crippen LogP contribution >= 0.6 is 27.5 Å². The number of nitro benzene ring substituents is 1. The van der Waals surface area contributed by atoms with Crippen molar-refractivity contribution in [2.24, 2.45) is 5.92 Å². The van der Waals surface area contributed by atoms with Crippen LogP contribution in [0.5, 0.6) is 5.75 Å². The number of hydrogen-bond donors (Lipinski definition) is 1. The Kier molecular flexibility index (Phi) is 6.51. The zero-order valence-corrected chi connectivity index (χ0v) is 17.2. The van der Waals surface area contributed by atoms with Gasteiger partial charge in [-0.2, -0.15) is 0 Å². The molecule has 7 nitrogen and oxygen atoms in total. The molecule has 0 amide bonds. The number of nitrogens with one attached hydrogen (secondary N) is 1. The van der Waals surface area contributed by atoms with E-state index in [-0.39, 0.29) is 5.69 Å². The highest BCUT2D eigenvalue weighted by atomic mass is 79.9. The summed E-state index contributed by atoms with van der Waals surface area (Å²) in [6.07, 6.45) is 3.66. The summed E-state index contributed by atoms with van der Waals surface area (Å²) in [6.45, 7) is 2.69. The quantitative estimate of drug-likeness (QED) is 0.494. The topological polar surface area (TPSA) is 80.5 Å².